The zero-order chi connectivity index (χ0) is 13.9. The minimum absolute atomic E-state index is 0.0363. The summed E-state index contributed by atoms with van der Waals surface area (Å²) in [4.78, 5) is 19.5. The number of hydrogen-bond acceptors (Lipinski definition) is 3. The van der Waals surface area contributed by atoms with E-state index in [0.29, 0.717) is 12.2 Å². The number of rotatable bonds is 3. The van der Waals surface area contributed by atoms with Crippen LogP contribution in [0.1, 0.15) is 62.5 Å². The molecule has 4 heteroatoms. The first-order valence-corrected chi connectivity index (χ1v) is 7.31. The molecule has 1 N–H and O–H groups in total. The molecule has 0 spiro atoms. The van der Waals surface area contributed by atoms with Crippen molar-refractivity contribution < 1.29 is 4.74 Å². The predicted octanol–water partition coefficient (Wildman–Crippen LogP) is 2.97. The third-order valence-electron chi connectivity index (χ3n) is 4.16. The first-order valence-electron chi connectivity index (χ1n) is 7.31. The predicted molar refractivity (Wildman–Crippen MR) is 75.3 cm³/mol. The van der Waals surface area contributed by atoms with E-state index in [1.807, 2.05) is 20.8 Å². The second-order valence-electron chi connectivity index (χ2n) is 5.47. The third-order valence-corrected chi connectivity index (χ3v) is 4.16. The Bertz CT molecular complexity index is 485. The van der Waals surface area contributed by atoms with Gasteiger partial charge >= 0.3 is 0 Å². The van der Waals surface area contributed by atoms with Crippen molar-refractivity contribution >= 4 is 0 Å². The van der Waals surface area contributed by atoms with Gasteiger partial charge in [-0.25, -0.2) is 4.98 Å². The van der Waals surface area contributed by atoms with Crippen LogP contribution in [0.2, 0.25) is 0 Å². The third kappa shape index (κ3) is 2.89. The summed E-state index contributed by atoms with van der Waals surface area (Å²) in [6.07, 6.45) is 6.65. The fourth-order valence-electron chi connectivity index (χ4n) is 2.89. The van der Waals surface area contributed by atoms with Gasteiger partial charge in [0.15, 0.2) is 0 Å². The van der Waals surface area contributed by atoms with Crippen molar-refractivity contribution in [1.29, 1.82) is 0 Å². The van der Waals surface area contributed by atoms with Gasteiger partial charge in [-0.15, -0.1) is 0 Å². The van der Waals surface area contributed by atoms with Crippen LogP contribution in [0.4, 0.5) is 0 Å². The summed E-state index contributed by atoms with van der Waals surface area (Å²) in [5.41, 5.74) is 1.08. The van der Waals surface area contributed by atoms with Crippen molar-refractivity contribution in [2.45, 2.75) is 64.9 Å². The van der Waals surface area contributed by atoms with Gasteiger partial charge in [0.05, 0.1) is 0 Å². The maximum absolute atomic E-state index is 12.0. The number of hydrogen-bond donors (Lipinski definition) is 1. The molecule has 4 nitrogen and oxygen atoms in total. The van der Waals surface area contributed by atoms with Gasteiger partial charge in [-0.3, -0.25) is 4.79 Å². The summed E-state index contributed by atoms with van der Waals surface area (Å²) in [5, 5.41) is 0. The Labute approximate surface area is 114 Å². The van der Waals surface area contributed by atoms with Crippen LogP contribution in [0.25, 0.3) is 0 Å². The van der Waals surface area contributed by atoms with E-state index in [1.54, 1.807) is 0 Å². The first kappa shape index (κ1) is 14.3. The zero-order valence-corrected chi connectivity index (χ0v) is 12.2. The molecule has 0 aromatic carbocycles. The quantitative estimate of drug-likeness (QED) is 0.854. The van der Waals surface area contributed by atoms with Gasteiger partial charge < -0.3 is 9.72 Å². The highest BCUT2D eigenvalue weighted by Crippen LogP contribution is 2.37. The van der Waals surface area contributed by atoms with Gasteiger partial charge in [0.1, 0.15) is 11.4 Å². The van der Waals surface area contributed by atoms with Crippen molar-refractivity contribution in [3.63, 3.8) is 0 Å². The van der Waals surface area contributed by atoms with E-state index < -0.39 is 0 Å². The molecule has 1 aromatic rings. The minimum atomic E-state index is -0.386. The van der Waals surface area contributed by atoms with Gasteiger partial charge in [0, 0.05) is 17.9 Å². The molecule has 1 aliphatic carbocycles. The van der Waals surface area contributed by atoms with Crippen molar-refractivity contribution in [1.82, 2.24) is 9.97 Å². The molecule has 0 atom stereocenters. The number of aromatic amines is 1. The van der Waals surface area contributed by atoms with Gasteiger partial charge in [-0.05, 0) is 33.6 Å². The number of nitrogens with one attached hydrogen (secondary N) is 1. The lowest BCUT2D eigenvalue weighted by Crippen LogP contribution is -2.34. The topological polar surface area (TPSA) is 55.0 Å². The maximum atomic E-state index is 12.0. The van der Waals surface area contributed by atoms with Crippen molar-refractivity contribution in [2.75, 3.05) is 6.61 Å². The van der Waals surface area contributed by atoms with E-state index in [9.17, 15) is 4.79 Å². The summed E-state index contributed by atoms with van der Waals surface area (Å²) in [6, 6.07) is 0. The molecular weight excluding hydrogens is 240 g/mol. The fourth-order valence-corrected chi connectivity index (χ4v) is 2.89. The summed E-state index contributed by atoms with van der Waals surface area (Å²) in [5.74, 6) is 0.726. The molecule has 1 saturated carbocycles. The van der Waals surface area contributed by atoms with E-state index in [-0.39, 0.29) is 11.2 Å². The number of aryl methyl sites for hydroxylation is 1. The highest BCUT2D eigenvalue weighted by Gasteiger charge is 2.36. The smallest absolute Gasteiger partial charge is 0.254 e. The molecule has 19 heavy (non-hydrogen) atoms. The SMILES string of the molecule is CCOC1(c2nc(C)c(C)c(=O)[nH]2)CCCCCC1. The maximum Gasteiger partial charge on any atom is 0.254 e. The molecule has 0 radical (unpaired) electrons. The van der Waals surface area contributed by atoms with Crippen molar-refractivity contribution in [3.8, 4) is 0 Å². The van der Waals surface area contributed by atoms with E-state index in [1.165, 1.54) is 12.8 Å². The summed E-state index contributed by atoms with van der Waals surface area (Å²) in [6.45, 7) is 6.36. The van der Waals surface area contributed by atoms with Crippen molar-refractivity contribution in [2.24, 2.45) is 0 Å². The molecule has 2 rings (SSSR count). The average Bonchev–Trinajstić information content (AvgIpc) is 2.62. The standard InChI is InChI=1S/C15H24N2O2/c1-4-19-15(9-7-5-6-8-10-15)14-16-12(3)11(2)13(18)17-14/h4-10H2,1-3H3,(H,16,17,18). The average molecular weight is 264 g/mol. The lowest BCUT2D eigenvalue weighted by Gasteiger charge is -2.31. The molecule has 0 unspecified atom stereocenters. The molecule has 0 amide bonds. The Hall–Kier alpha value is -1.16. The molecular formula is C15H24N2O2. The normalized spacial score (nSPS) is 19.1. The highest BCUT2D eigenvalue weighted by molar-refractivity contribution is 5.17. The van der Waals surface area contributed by atoms with Crippen LogP contribution in [0, 0.1) is 13.8 Å². The molecule has 1 fully saturated rings. The number of ether oxygens (including phenoxy) is 1. The largest absolute Gasteiger partial charge is 0.367 e. The second-order valence-corrected chi connectivity index (χ2v) is 5.47. The first-order chi connectivity index (χ1) is 9.09. The lowest BCUT2D eigenvalue weighted by molar-refractivity contribution is -0.0627. The Morgan fingerprint density at radius 3 is 2.37 bits per heavy atom. The van der Waals surface area contributed by atoms with Crippen LogP contribution < -0.4 is 5.56 Å². The Kier molecular flexibility index (Phi) is 4.40. The van der Waals surface area contributed by atoms with Crippen LogP contribution >= 0.6 is 0 Å². The van der Waals surface area contributed by atoms with Gasteiger partial charge in [0.2, 0.25) is 0 Å². The number of aromatic nitrogens is 2. The van der Waals surface area contributed by atoms with Gasteiger partial charge in [0.25, 0.3) is 5.56 Å². The Morgan fingerprint density at radius 2 is 1.84 bits per heavy atom. The second kappa shape index (κ2) is 5.87. The Morgan fingerprint density at radius 1 is 1.21 bits per heavy atom. The fraction of sp³-hybridized carbons (Fsp3) is 0.733. The zero-order valence-electron chi connectivity index (χ0n) is 12.2. The molecule has 1 aromatic heterocycles. The van der Waals surface area contributed by atoms with Crippen molar-refractivity contribution in [3.05, 3.63) is 27.4 Å². The van der Waals surface area contributed by atoms with E-state index in [2.05, 4.69) is 9.97 Å². The molecule has 0 saturated heterocycles. The summed E-state index contributed by atoms with van der Waals surface area (Å²) < 4.78 is 6.05. The lowest BCUT2D eigenvalue weighted by atomic mass is 9.92. The Balaban J connectivity index is 2.45. The molecule has 1 heterocycles. The monoisotopic (exact) mass is 264 g/mol. The summed E-state index contributed by atoms with van der Waals surface area (Å²) in [7, 11) is 0. The van der Waals surface area contributed by atoms with Gasteiger partial charge in [-0.2, -0.15) is 0 Å². The van der Waals surface area contributed by atoms with Gasteiger partial charge in [-0.1, -0.05) is 25.7 Å². The van der Waals surface area contributed by atoms with Crippen LogP contribution in [0.5, 0.6) is 0 Å². The highest BCUT2D eigenvalue weighted by atomic mass is 16.5. The number of nitrogens with zero attached hydrogens (tertiary/aromatic N) is 1. The molecule has 106 valence electrons. The molecule has 0 aliphatic heterocycles. The molecule has 0 bridgehead atoms. The minimum Gasteiger partial charge on any atom is -0.367 e. The van der Waals surface area contributed by atoms with Crippen LogP contribution in [0.15, 0.2) is 4.79 Å². The molecule has 1 aliphatic rings. The van der Waals surface area contributed by atoms with Crippen LogP contribution in [-0.2, 0) is 10.3 Å². The summed E-state index contributed by atoms with van der Waals surface area (Å²) >= 11 is 0. The number of H-pyrrole nitrogens is 1. The van der Waals surface area contributed by atoms with E-state index in [0.717, 1.165) is 37.2 Å². The van der Waals surface area contributed by atoms with Crippen LogP contribution in [-0.4, -0.2) is 16.6 Å². The van der Waals surface area contributed by atoms with E-state index >= 15 is 0 Å². The van der Waals surface area contributed by atoms with Crippen LogP contribution in [0.3, 0.4) is 0 Å². The van der Waals surface area contributed by atoms with E-state index in [4.69, 9.17) is 4.74 Å².